The van der Waals surface area contributed by atoms with Crippen molar-refractivity contribution >= 4 is 13.9 Å². The molecule has 3 N–H and O–H groups in total. The van der Waals surface area contributed by atoms with Gasteiger partial charge in [-0.15, -0.1) is 0 Å². The van der Waals surface area contributed by atoms with E-state index in [1.54, 1.807) is 0 Å². The first-order chi connectivity index (χ1) is 16.8. The van der Waals surface area contributed by atoms with Gasteiger partial charge in [0, 0.05) is 13.1 Å². The predicted octanol–water partition coefficient (Wildman–Crippen LogP) is 5.45. The highest BCUT2D eigenvalue weighted by atomic mass is 31.2. The summed E-state index contributed by atoms with van der Waals surface area (Å²) in [7, 11) is -2.49. The molecule has 0 atom stereocenters. The van der Waals surface area contributed by atoms with Crippen LogP contribution in [-0.2, 0) is 17.5 Å². The van der Waals surface area contributed by atoms with Gasteiger partial charge in [-0.25, -0.2) is 4.57 Å². The highest BCUT2D eigenvalue weighted by molar-refractivity contribution is 7.45. The van der Waals surface area contributed by atoms with E-state index < -0.39 is 7.82 Å². The van der Waals surface area contributed by atoms with Gasteiger partial charge in [0.2, 0.25) is 0 Å². The molecule has 1 aliphatic rings. The summed E-state index contributed by atoms with van der Waals surface area (Å²) in [5.41, 5.74) is 6.36. The van der Waals surface area contributed by atoms with Crippen LogP contribution in [0.2, 0.25) is 0 Å². The van der Waals surface area contributed by atoms with Crippen molar-refractivity contribution in [3.05, 3.63) is 108 Å². The lowest BCUT2D eigenvalue weighted by Crippen LogP contribution is -2.18. The molecule has 3 aromatic rings. The molecule has 0 saturated carbocycles. The first-order valence-electron chi connectivity index (χ1n) is 11.5. The molecule has 0 amide bonds. The second-order valence-electron chi connectivity index (χ2n) is 8.38. The SMILES string of the molecule is CN(C/C=C/C=C/c1ccc(-c2ccccc2)cc1)Cc1ccc2c(c1)OCCC2.O=P(O)(O)O. The molecule has 0 aliphatic carbocycles. The summed E-state index contributed by atoms with van der Waals surface area (Å²) in [6.07, 6.45) is 10.8. The fraction of sp³-hybridized carbons (Fsp3) is 0.214. The standard InChI is InChI=1S/C28H29NO.H3O4P/c1-29(22-24-15-18-27-12-8-20-30-28(27)21-24)19-7-3-4-9-23-13-16-26(17-14-23)25-10-5-2-6-11-25;1-5(2,3)4/h2-7,9-11,13-18,21H,8,12,19-20,22H2,1H3;(H3,1,2,3,4)/b7-3+,9-4+;. The van der Waals surface area contributed by atoms with Crippen molar-refractivity contribution in [2.45, 2.75) is 19.4 Å². The smallest absolute Gasteiger partial charge is 0.466 e. The maximum atomic E-state index is 8.88. The number of likely N-dealkylation sites (N-methyl/N-ethyl adjacent to an activating group) is 1. The van der Waals surface area contributed by atoms with Gasteiger partial charge in [-0.3, -0.25) is 4.90 Å². The Hall–Kier alpha value is -2.99. The molecule has 7 heteroatoms. The molecule has 0 aromatic heterocycles. The second-order valence-corrected chi connectivity index (χ2v) is 9.41. The van der Waals surface area contributed by atoms with E-state index in [1.165, 1.54) is 27.8 Å². The van der Waals surface area contributed by atoms with Gasteiger partial charge < -0.3 is 19.4 Å². The van der Waals surface area contributed by atoms with Crippen LogP contribution in [0.1, 0.15) is 23.1 Å². The first kappa shape index (κ1) is 26.6. The molecule has 1 aliphatic heterocycles. The number of rotatable bonds is 7. The fourth-order valence-electron chi connectivity index (χ4n) is 3.76. The zero-order valence-electron chi connectivity index (χ0n) is 19.8. The minimum absolute atomic E-state index is 0.844. The van der Waals surface area contributed by atoms with Gasteiger partial charge in [-0.05, 0) is 53.8 Å². The van der Waals surface area contributed by atoms with E-state index in [0.29, 0.717) is 0 Å². The summed E-state index contributed by atoms with van der Waals surface area (Å²) in [5, 5.41) is 0. The molecule has 35 heavy (non-hydrogen) atoms. The van der Waals surface area contributed by atoms with Crippen LogP contribution in [0.15, 0.2) is 91.0 Å². The average molecular weight is 494 g/mol. The van der Waals surface area contributed by atoms with Crippen LogP contribution in [0.3, 0.4) is 0 Å². The molecule has 0 fully saturated rings. The Balaban J connectivity index is 0.000000623. The summed E-state index contributed by atoms with van der Waals surface area (Å²) in [6.45, 7) is 2.68. The molecule has 0 radical (unpaired) electrons. The molecule has 184 valence electrons. The number of hydrogen-bond acceptors (Lipinski definition) is 3. The van der Waals surface area contributed by atoms with E-state index in [4.69, 9.17) is 24.0 Å². The van der Waals surface area contributed by atoms with Gasteiger partial charge in [0.15, 0.2) is 0 Å². The van der Waals surface area contributed by atoms with Crippen molar-refractivity contribution in [2.75, 3.05) is 20.2 Å². The van der Waals surface area contributed by atoms with E-state index in [9.17, 15) is 0 Å². The number of nitrogens with zero attached hydrogens (tertiary/aromatic N) is 1. The van der Waals surface area contributed by atoms with Crippen LogP contribution in [-0.4, -0.2) is 39.8 Å². The zero-order chi connectivity index (χ0) is 25.1. The molecule has 1 heterocycles. The largest absolute Gasteiger partial charge is 0.493 e. The highest BCUT2D eigenvalue weighted by Crippen LogP contribution is 2.26. The Labute approximate surface area is 207 Å². The van der Waals surface area contributed by atoms with Crippen LogP contribution >= 0.6 is 7.82 Å². The van der Waals surface area contributed by atoms with Gasteiger partial charge >= 0.3 is 7.82 Å². The highest BCUT2D eigenvalue weighted by Gasteiger charge is 2.11. The minimum atomic E-state index is -4.64. The molecule has 0 bridgehead atoms. The van der Waals surface area contributed by atoms with Crippen molar-refractivity contribution in [3.63, 3.8) is 0 Å². The van der Waals surface area contributed by atoms with Crippen LogP contribution in [0.5, 0.6) is 5.75 Å². The third-order valence-electron chi connectivity index (χ3n) is 5.40. The van der Waals surface area contributed by atoms with E-state index in [1.807, 2.05) is 6.07 Å². The fourth-order valence-corrected chi connectivity index (χ4v) is 3.76. The lowest BCUT2D eigenvalue weighted by Gasteiger charge is -2.20. The molecule has 4 rings (SSSR count). The Morgan fingerprint density at radius 3 is 2.34 bits per heavy atom. The molecule has 0 saturated heterocycles. The number of benzene rings is 3. The summed E-state index contributed by atoms with van der Waals surface area (Å²) in [5.74, 6) is 1.07. The Morgan fingerprint density at radius 1 is 0.943 bits per heavy atom. The molecular weight excluding hydrogens is 461 g/mol. The summed E-state index contributed by atoms with van der Waals surface area (Å²) in [6, 6.07) is 25.8. The third-order valence-corrected chi connectivity index (χ3v) is 5.40. The number of aryl methyl sites for hydroxylation is 1. The van der Waals surface area contributed by atoms with Gasteiger partial charge in [-0.1, -0.05) is 91.0 Å². The average Bonchev–Trinajstić information content (AvgIpc) is 2.84. The molecule has 0 spiro atoms. The maximum absolute atomic E-state index is 8.88. The van der Waals surface area contributed by atoms with Crippen LogP contribution < -0.4 is 4.74 Å². The lowest BCUT2D eigenvalue weighted by atomic mass is 10.0. The van der Waals surface area contributed by atoms with E-state index >= 15 is 0 Å². The zero-order valence-corrected chi connectivity index (χ0v) is 20.7. The van der Waals surface area contributed by atoms with E-state index in [2.05, 4.69) is 103 Å². The second kappa shape index (κ2) is 13.2. The van der Waals surface area contributed by atoms with Gasteiger partial charge in [0.1, 0.15) is 5.75 Å². The molecule has 0 unspecified atom stereocenters. The summed E-state index contributed by atoms with van der Waals surface area (Å²) < 4.78 is 14.7. The lowest BCUT2D eigenvalue weighted by molar-refractivity contribution is 0.275. The van der Waals surface area contributed by atoms with E-state index in [0.717, 1.165) is 38.3 Å². The van der Waals surface area contributed by atoms with Gasteiger partial charge in [0.25, 0.3) is 0 Å². The van der Waals surface area contributed by atoms with Gasteiger partial charge in [-0.2, -0.15) is 0 Å². The van der Waals surface area contributed by atoms with Crippen molar-refractivity contribution in [1.29, 1.82) is 0 Å². The first-order valence-corrected chi connectivity index (χ1v) is 13.0. The van der Waals surface area contributed by atoms with Crippen LogP contribution in [0.25, 0.3) is 17.2 Å². The number of allylic oxidation sites excluding steroid dienone is 2. The number of phosphoric acid groups is 1. The maximum Gasteiger partial charge on any atom is 0.466 e. The summed E-state index contributed by atoms with van der Waals surface area (Å²) in [4.78, 5) is 23.9. The Bertz CT molecular complexity index is 1160. The van der Waals surface area contributed by atoms with Crippen LogP contribution in [0, 0.1) is 0 Å². The molecule has 6 nitrogen and oxygen atoms in total. The molecular formula is C28H32NO5P. The van der Waals surface area contributed by atoms with Crippen molar-refractivity contribution in [2.24, 2.45) is 0 Å². The van der Waals surface area contributed by atoms with Crippen molar-refractivity contribution in [3.8, 4) is 16.9 Å². The Kier molecular flexibility index (Phi) is 10.0. The van der Waals surface area contributed by atoms with Crippen molar-refractivity contribution < 1.29 is 24.0 Å². The van der Waals surface area contributed by atoms with Gasteiger partial charge in [0.05, 0.1) is 6.61 Å². The number of ether oxygens (including phenoxy) is 1. The topological polar surface area (TPSA) is 90.2 Å². The van der Waals surface area contributed by atoms with Crippen LogP contribution in [0.4, 0.5) is 0 Å². The number of fused-ring (bicyclic) bond motifs is 1. The predicted molar refractivity (Wildman–Crippen MR) is 141 cm³/mol. The normalized spacial score (nSPS) is 13.4. The monoisotopic (exact) mass is 493 g/mol. The summed E-state index contributed by atoms with van der Waals surface area (Å²) >= 11 is 0. The minimum Gasteiger partial charge on any atom is -0.493 e. The van der Waals surface area contributed by atoms with Crippen molar-refractivity contribution in [1.82, 2.24) is 4.90 Å². The molecule has 3 aromatic carbocycles. The number of hydrogen-bond donors (Lipinski definition) is 3. The third kappa shape index (κ3) is 10.0. The quantitative estimate of drug-likeness (QED) is 0.300. The Morgan fingerprint density at radius 2 is 1.63 bits per heavy atom. The van der Waals surface area contributed by atoms with E-state index in [-0.39, 0.29) is 0 Å².